The van der Waals surface area contributed by atoms with Gasteiger partial charge in [-0.1, -0.05) is 6.07 Å². The van der Waals surface area contributed by atoms with Gasteiger partial charge >= 0.3 is 18.1 Å². The standard InChI is InChI=1S/C15H15F3O6/c1-9(19)24-13(14(20)23-8-15(16,17)18)7-10-4-5-11(21-2)12(6-10)22-3/h4-7H,8H2,1-3H3/b13-7-. The van der Waals surface area contributed by atoms with Gasteiger partial charge in [-0.3, -0.25) is 4.79 Å². The van der Waals surface area contributed by atoms with Crippen molar-refractivity contribution in [1.82, 2.24) is 0 Å². The Morgan fingerprint density at radius 3 is 2.25 bits per heavy atom. The Morgan fingerprint density at radius 2 is 1.75 bits per heavy atom. The summed E-state index contributed by atoms with van der Waals surface area (Å²) in [6.45, 7) is -0.796. The molecule has 0 aliphatic rings. The van der Waals surface area contributed by atoms with Gasteiger partial charge in [-0.25, -0.2) is 4.79 Å². The van der Waals surface area contributed by atoms with E-state index < -0.39 is 30.5 Å². The van der Waals surface area contributed by atoms with Crippen LogP contribution >= 0.6 is 0 Å². The van der Waals surface area contributed by atoms with Gasteiger partial charge in [-0.2, -0.15) is 13.2 Å². The van der Waals surface area contributed by atoms with Gasteiger partial charge in [0.25, 0.3) is 0 Å². The normalized spacial score (nSPS) is 11.7. The zero-order valence-corrected chi connectivity index (χ0v) is 13.1. The van der Waals surface area contributed by atoms with Crippen molar-refractivity contribution >= 4 is 18.0 Å². The highest BCUT2D eigenvalue weighted by molar-refractivity contribution is 5.94. The average Bonchev–Trinajstić information content (AvgIpc) is 2.50. The number of halogens is 3. The molecule has 132 valence electrons. The van der Waals surface area contributed by atoms with Gasteiger partial charge in [0.05, 0.1) is 14.2 Å². The number of hydrogen-bond donors (Lipinski definition) is 0. The molecule has 0 unspecified atom stereocenters. The lowest BCUT2D eigenvalue weighted by Crippen LogP contribution is -2.22. The summed E-state index contributed by atoms with van der Waals surface area (Å²) in [5, 5.41) is 0. The number of benzene rings is 1. The van der Waals surface area contributed by atoms with Crippen molar-refractivity contribution in [2.75, 3.05) is 20.8 Å². The minimum atomic E-state index is -4.69. The van der Waals surface area contributed by atoms with Crippen molar-refractivity contribution in [3.05, 3.63) is 29.5 Å². The predicted octanol–water partition coefficient (Wildman–Crippen LogP) is 2.71. The molecule has 0 amide bonds. The lowest BCUT2D eigenvalue weighted by atomic mass is 10.1. The molecule has 0 fully saturated rings. The van der Waals surface area contributed by atoms with Crippen molar-refractivity contribution in [3.8, 4) is 11.5 Å². The van der Waals surface area contributed by atoms with Crippen LogP contribution in [0.5, 0.6) is 11.5 Å². The van der Waals surface area contributed by atoms with Crippen LogP contribution in [0.4, 0.5) is 13.2 Å². The number of methoxy groups -OCH3 is 2. The third kappa shape index (κ3) is 6.19. The van der Waals surface area contributed by atoms with Crippen molar-refractivity contribution in [2.45, 2.75) is 13.1 Å². The molecule has 0 radical (unpaired) electrons. The first kappa shape index (κ1) is 19.3. The van der Waals surface area contributed by atoms with Gasteiger partial charge in [0.2, 0.25) is 5.76 Å². The number of carbonyl (C=O) groups excluding carboxylic acids is 2. The van der Waals surface area contributed by atoms with Crippen LogP contribution in [-0.4, -0.2) is 38.9 Å². The van der Waals surface area contributed by atoms with Gasteiger partial charge in [0.1, 0.15) is 0 Å². The molecule has 24 heavy (non-hydrogen) atoms. The summed E-state index contributed by atoms with van der Waals surface area (Å²) in [5.74, 6) is -2.26. The van der Waals surface area contributed by atoms with Crippen molar-refractivity contribution in [1.29, 1.82) is 0 Å². The van der Waals surface area contributed by atoms with Gasteiger partial charge < -0.3 is 18.9 Å². The van der Waals surface area contributed by atoms with Crippen LogP contribution in [0.2, 0.25) is 0 Å². The molecule has 0 saturated heterocycles. The Hall–Kier alpha value is -2.71. The van der Waals surface area contributed by atoms with Gasteiger partial charge in [0.15, 0.2) is 18.1 Å². The fourth-order valence-electron chi connectivity index (χ4n) is 1.60. The molecule has 9 heteroatoms. The van der Waals surface area contributed by atoms with Crippen LogP contribution in [0.3, 0.4) is 0 Å². The van der Waals surface area contributed by atoms with E-state index in [0.717, 1.165) is 13.0 Å². The topological polar surface area (TPSA) is 71.1 Å². The molecular weight excluding hydrogens is 333 g/mol. The van der Waals surface area contributed by atoms with Gasteiger partial charge in [-0.05, 0) is 23.8 Å². The molecule has 0 heterocycles. The van der Waals surface area contributed by atoms with Crippen molar-refractivity contribution in [2.24, 2.45) is 0 Å². The Balaban J connectivity index is 3.08. The molecular formula is C15H15F3O6. The average molecular weight is 348 g/mol. The van der Waals surface area contributed by atoms with Crippen molar-refractivity contribution < 1.29 is 41.7 Å². The number of esters is 2. The van der Waals surface area contributed by atoms with E-state index >= 15 is 0 Å². The van der Waals surface area contributed by atoms with E-state index in [9.17, 15) is 22.8 Å². The first-order valence-electron chi connectivity index (χ1n) is 6.52. The van der Waals surface area contributed by atoms with Gasteiger partial charge in [0, 0.05) is 6.92 Å². The highest BCUT2D eigenvalue weighted by Gasteiger charge is 2.31. The maximum atomic E-state index is 12.1. The second-order valence-electron chi connectivity index (χ2n) is 4.41. The van der Waals surface area contributed by atoms with Crippen LogP contribution < -0.4 is 9.47 Å². The number of alkyl halides is 3. The molecule has 0 aliphatic carbocycles. The molecule has 1 aromatic carbocycles. The summed E-state index contributed by atoms with van der Waals surface area (Å²) >= 11 is 0. The van der Waals surface area contributed by atoms with E-state index in [2.05, 4.69) is 9.47 Å². The highest BCUT2D eigenvalue weighted by atomic mass is 19.4. The van der Waals surface area contributed by atoms with Crippen LogP contribution in [-0.2, 0) is 19.1 Å². The van der Waals surface area contributed by atoms with Crippen LogP contribution in [0.25, 0.3) is 6.08 Å². The molecule has 0 atom stereocenters. The number of hydrogen-bond acceptors (Lipinski definition) is 6. The lowest BCUT2D eigenvalue weighted by Gasteiger charge is -2.11. The van der Waals surface area contributed by atoms with Crippen molar-refractivity contribution in [3.63, 3.8) is 0 Å². The summed E-state index contributed by atoms with van der Waals surface area (Å²) in [6, 6.07) is 4.44. The first-order valence-corrected chi connectivity index (χ1v) is 6.52. The molecule has 0 spiro atoms. The lowest BCUT2D eigenvalue weighted by molar-refractivity contribution is -0.185. The van der Waals surface area contributed by atoms with E-state index in [4.69, 9.17) is 9.47 Å². The minimum absolute atomic E-state index is 0.317. The molecule has 0 aromatic heterocycles. The first-order chi connectivity index (χ1) is 11.2. The summed E-state index contributed by atoms with van der Waals surface area (Å²) < 4.78 is 55.1. The molecule has 0 N–H and O–H groups in total. The minimum Gasteiger partial charge on any atom is -0.493 e. The van der Waals surface area contributed by atoms with Crippen LogP contribution in [0, 0.1) is 0 Å². The van der Waals surface area contributed by atoms with Gasteiger partial charge in [-0.15, -0.1) is 0 Å². The molecule has 1 aromatic rings. The molecule has 6 nitrogen and oxygen atoms in total. The monoisotopic (exact) mass is 348 g/mol. The van der Waals surface area contributed by atoms with E-state index in [-0.39, 0.29) is 0 Å². The summed E-state index contributed by atoms with van der Waals surface area (Å²) in [4.78, 5) is 22.7. The third-order valence-corrected chi connectivity index (χ3v) is 2.53. The SMILES string of the molecule is COc1ccc(/C=C(\OC(C)=O)C(=O)OCC(F)(F)F)cc1OC. The maximum Gasteiger partial charge on any atom is 0.422 e. The Labute approximate surface area is 135 Å². The molecule has 0 saturated carbocycles. The second kappa shape index (κ2) is 8.23. The Bertz CT molecular complexity index is 637. The van der Waals surface area contributed by atoms with E-state index in [1.165, 1.54) is 32.4 Å². The highest BCUT2D eigenvalue weighted by Crippen LogP contribution is 2.28. The maximum absolute atomic E-state index is 12.1. The predicted molar refractivity (Wildman–Crippen MR) is 76.3 cm³/mol. The zero-order valence-electron chi connectivity index (χ0n) is 13.1. The largest absolute Gasteiger partial charge is 0.493 e. The fourth-order valence-corrected chi connectivity index (χ4v) is 1.60. The molecule has 1 rings (SSSR count). The Morgan fingerprint density at radius 1 is 1.12 bits per heavy atom. The third-order valence-electron chi connectivity index (χ3n) is 2.53. The zero-order chi connectivity index (χ0) is 18.3. The summed E-state index contributed by atoms with van der Waals surface area (Å²) in [5.41, 5.74) is 0.327. The molecule has 0 aliphatic heterocycles. The quantitative estimate of drug-likeness (QED) is 0.447. The summed E-state index contributed by atoms with van der Waals surface area (Å²) in [7, 11) is 2.81. The fraction of sp³-hybridized carbons (Fsp3) is 0.333. The smallest absolute Gasteiger partial charge is 0.422 e. The number of ether oxygens (including phenoxy) is 4. The molecule has 0 bridgehead atoms. The number of carbonyl (C=O) groups is 2. The second-order valence-corrected chi connectivity index (χ2v) is 4.41. The summed E-state index contributed by atoms with van der Waals surface area (Å²) in [6.07, 6.45) is -3.64. The van der Waals surface area contributed by atoms with E-state index in [1.807, 2.05) is 0 Å². The number of rotatable bonds is 6. The van der Waals surface area contributed by atoms with E-state index in [0.29, 0.717) is 17.1 Å². The van der Waals surface area contributed by atoms with Crippen LogP contribution in [0.1, 0.15) is 12.5 Å². The Kier molecular flexibility index (Phi) is 6.63. The van der Waals surface area contributed by atoms with Crippen LogP contribution in [0.15, 0.2) is 24.0 Å². The van der Waals surface area contributed by atoms with E-state index in [1.54, 1.807) is 0 Å².